The van der Waals surface area contributed by atoms with E-state index >= 15 is 0 Å². The highest BCUT2D eigenvalue weighted by Gasteiger charge is 2.17. The number of rotatable bonds is 11. The average Bonchev–Trinajstić information content (AvgIpc) is 3.25. The van der Waals surface area contributed by atoms with Crippen molar-refractivity contribution in [3.8, 4) is 11.5 Å². The molecule has 4 N–H and O–H groups in total. The number of nitrogens with one attached hydrogen (secondary N) is 1. The number of aromatic hydroxyl groups is 2. The van der Waals surface area contributed by atoms with E-state index in [1.54, 1.807) is 43.4 Å². The largest absolute Gasteiger partial charge is 0.507 e. The third-order valence-corrected chi connectivity index (χ3v) is 6.55. The second-order valence-corrected chi connectivity index (χ2v) is 9.30. The fraction of sp³-hybridized carbons (Fsp3) is 0.300. The summed E-state index contributed by atoms with van der Waals surface area (Å²) in [5.41, 5.74) is 4.47. The van der Waals surface area contributed by atoms with Gasteiger partial charge in [0.05, 0.1) is 23.8 Å². The molecule has 0 aliphatic rings. The lowest BCUT2D eigenvalue weighted by Gasteiger charge is -2.12. The van der Waals surface area contributed by atoms with Crippen molar-refractivity contribution in [3.63, 3.8) is 0 Å². The average molecular weight is 503 g/mol. The maximum atomic E-state index is 12.4. The number of anilines is 1. The Morgan fingerprint density at radius 3 is 2.43 bits per heavy atom. The standard InChI is InChI=1S/C30H34N2O5/c1-3-4-7-20-14-28(34)26(29(35)15-20)18-32-17-22(25-8-5-6-9-27(25)32)16-24(33)19-37-30(36)21-10-12-23(31-2)13-11-21/h5-6,8-15,17,24,31,33-35H,3-4,7,16,18-19H2,1-2H3. The highest BCUT2D eigenvalue weighted by Crippen LogP contribution is 2.32. The van der Waals surface area contributed by atoms with E-state index in [-0.39, 0.29) is 31.1 Å². The smallest absolute Gasteiger partial charge is 0.338 e. The summed E-state index contributed by atoms with van der Waals surface area (Å²) in [5, 5.41) is 35.9. The molecule has 0 radical (unpaired) electrons. The van der Waals surface area contributed by atoms with Crippen molar-refractivity contribution in [2.24, 2.45) is 0 Å². The lowest BCUT2D eigenvalue weighted by molar-refractivity contribution is 0.0259. The van der Waals surface area contributed by atoms with Crippen LogP contribution in [0.5, 0.6) is 11.5 Å². The summed E-state index contributed by atoms with van der Waals surface area (Å²) < 4.78 is 7.29. The van der Waals surface area contributed by atoms with Crippen molar-refractivity contribution in [1.29, 1.82) is 0 Å². The van der Waals surface area contributed by atoms with E-state index in [9.17, 15) is 20.1 Å². The summed E-state index contributed by atoms with van der Waals surface area (Å²) in [6, 6.07) is 18.2. The molecule has 4 rings (SSSR count). The summed E-state index contributed by atoms with van der Waals surface area (Å²) in [7, 11) is 1.80. The van der Waals surface area contributed by atoms with E-state index in [0.717, 1.165) is 47.0 Å². The van der Waals surface area contributed by atoms with Gasteiger partial charge >= 0.3 is 5.97 Å². The number of hydrogen-bond donors (Lipinski definition) is 4. The zero-order valence-electron chi connectivity index (χ0n) is 21.3. The predicted octanol–water partition coefficient (Wildman–Crippen LogP) is 5.25. The first-order chi connectivity index (χ1) is 17.9. The van der Waals surface area contributed by atoms with Crippen LogP contribution in [0, 0.1) is 0 Å². The van der Waals surface area contributed by atoms with Crippen LogP contribution < -0.4 is 5.32 Å². The molecule has 1 atom stereocenters. The molecule has 1 unspecified atom stereocenters. The molecule has 0 saturated heterocycles. The topological polar surface area (TPSA) is 104 Å². The van der Waals surface area contributed by atoms with E-state index in [1.165, 1.54) is 0 Å². The van der Waals surface area contributed by atoms with Crippen LogP contribution in [-0.2, 0) is 24.1 Å². The molecular formula is C30H34N2O5. The van der Waals surface area contributed by atoms with Crippen LogP contribution in [0.25, 0.3) is 10.9 Å². The summed E-state index contributed by atoms with van der Waals surface area (Å²) in [6.07, 6.45) is 4.14. The van der Waals surface area contributed by atoms with Gasteiger partial charge in [-0.1, -0.05) is 31.5 Å². The van der Waals surface area contributed by atoms with Gasteiger partial charge in [-0.05, 0) is 66.4 Å². The van der Waals surface area contributed by atoms with Crippen molar-refractivity contribution < 1.29 is 24.9 Å². The second kappa shape index (κ2) is 11.8. The minimum Gasteiger partial charge on any atom is -0.507 e. The Bertz CT molecular complexity index is 1340. The summed E-state index contributed by atoms with van der Waals surface area (Å²) in [6.45, 7) is 2.25. The summed E-state index contributed by atoms with van der Waals surface area (Å²) >= 11 is 0. The van der Waals surface area contributed by atoms with E-state index in [2.05, 4.69) is 12.2 Å². The van der Waals surface area contributed by atoms with Crippen LogP contribution in [0.4, 0.5) is 5.69 Å². The molecule has 4 aromatic rings. The molecule has 37 heavy (non-hydrogen) atoms. The zero-order chi connectivity index (χ0) is 26.4. The number of unbranched alkanes of at least 4 members (excludes halogenated alkanes) is 1. The second-order valence-electron chi connectivity index (χ2n) is 9.30. The Morgan fingerprint density at radius 2 is 1.76 bits per heavy atom. The van der Waals surface area contributed by atoms with Crippen molar-refractivity contribution >= 4 is 22.6 Å². The number of aliphatic hydroxyl groups is 1. The lowest BCUT2D eigenvalue weighted by Crippen LogP contribution is -2.21. The molecule has 1 heterocycles. The number of para-hydroxylation sites is 1. The number of benzene rings is 3. The Balaban J connectivity index is 1.47. The van der Waals surface area contributed by atoms with Crippen LogP contribution in [0.15, 0.2) is 66.9 Å². The maximum absolute atomic E-state index is 12.4. The minimum atomic E-state index is -0.889. The van der Waals surface area contributed by atoms with Crippen LogP contribution >= 0.6 is 0 Å². The third-order valence-electron chi connectivity index (χ3n) is 6.55. The van der Waals surface area contributed by atoms with E-state index in [0.29, 0.717) is 11.1 Å². The SMILES string of the molecule is CCCCc1cc(O)c(Cn2cc(CC(O)COC(=O)c3ccc(NC)cc3)c3ccccc32)c(O)c1. The number of aryl methyl sites for hydroxylation is 1. The van der Waals surface area contributed by atoms with Gasteiger partial charge in [-0.3, -0.25) is 0 Å². The molecule has 0 saturated carbocycles. The lowest BCUT2D eigenvalue weighted by atomic mass is 10.0. The molecule has 3 aromatic carbocycles. The number of nitrogens with zero attached hydrogens (tertiary/aromatic N) is 1. The van der Waals surface area contributed by atoms with Gasteiger partial charge in [-0.2, -0.15) is 0 Å². The van der Waals surface area contributed by atoms with Crippen molar-refractivity contribution in [1.82, 2.24) is 4.57 Å². The Morgan fingerprint density at radius 1 is 1.05 bits per heavy atom. The fourth-order valence-electron chi connectivity index (χ4n) is 4.51. The van der Waals surface area contributed by atoms with Gasteiger partial charge in [0.1, 0.15) is 18.1 Å². The molecule has 7 heteroatoms. The van der Waals surface area contributed by atoms with Gasteiger partial charge < -0.3 is 29.9 Å². The van der Waals surface area contributed by atoms with Crippen molar-refractivity contribution in [2.75, 3.05) is 19.0 Å². The van der Waals surface area contributed by atoms with Crippen LogP contribution in [0.3, 0.4) is 0 Å². The number of carbonyl (C=O) groups is 1. The number of phenolic OH excluding ortho intramolecular Hbond substituents is 2. The normalized spacial score (nSPS) is 12.0. The highest BCUT2D eigenvalue weighted by atomic mass is 16.5. The first-order valence-electron chi connectivity index (χ1n) is 12.6. The van der Waals surface area contributed by atoms with Gasteiger partial charge in [0.2, 0.25) is 0 Å². The van der Waals surface area contributed by atoms with Crippen LogP contribution in [0.2, 0.25) is 0 Å². The molecule has 0 fully saturated rings. The molecule has 7 nitrogen and oxygen atoms in total. The number of aromatic nitrogens is 1. The quantitative estimate of drug-likeness (QED) is 0.209. The van der Waals surface area contributed by atoms with Crippen molar-refractivity contribution in [2.45, 2.75) is 45.3 Å². The number of esters is 1. The fourth-order valence-corrected chi connectivity index (χ4v) is 4.51. The number of hydrogen-bond acceptors (Lipinski definition) is 6. The highest BCUT2D eigenvalue weighted by molar-refractivity contribution is 5.89. The number of fused-ring (bicyclic) bond motifs is 1. The van der Waals surface area contributed by atoms with Gasteiger partial charge in [0.25, 0.3) is 0 Å². The minimum absolute atomic E-state index is 0.0696. The van der Waals surface area contributed by atoms with E-state index in [1.807, 2.05) is 35.0 Å². The first-order valence-corrected chi connectivity index (χ1v) is 12.6. The maximum Gasteiger partial charge on any atom is 0.338 e. The zero-order valence-corrected chi connectivity index (χ0v) is 21.3. The van der Waals surface area contributed by atoms with Crippen LogP contribution in [-0.4, -0.2) is 45.6 Å². The molecular weight excluding hydrogens is 468 g/mol. The van der Waals surface area contributed by atoms with Crippen molar-refractivity contribution in [3.05, 3.63) is 89.1 Å². The van der Waals surface area contributed by atoms with E-state index in [4.69, 9.17) is 4.74 Å². The number of phenols is 2. The first kappa shape index (κ1) is 26.1. The predicted molar refractivity (Wildman–Crippen MR) is 145 cm³/mol. The van der Waals surface area contributed by atoms with E-state index < -0.39 is 12.1 Å². The summed E-state index contributed by atoms with van der Waals surface area (Å²) in [4.78, 5) is 12.4. The molecule has 0 bridgehead atoms. The summed E-state index contributed by atoms with van der Waals surface area (Å²) in [5.74, 6) is -0.349. The van der Waals surface area contributed by atoms with Gasteiger partial charge in [-0.25, -0.2) is 4.79 Å². The molecule has 0 spiro atoms. The van der Waals surface area contributed by atoms with Gasteiger partial charge in [-0.15, -0.1) is 0 Å². The number of ether oxygens (including phenoxy) is 1. The monoisotopic (exact) mass is 502 g/mol. The molecule has 1 aromatic heterocycles. The van der Waals surface area contributed by atoms with Gasteiger partial charge in [0.15, 0.2) is 0 Å². The number of carbonyl (C=O) groups excluding carboxylic acids is 1. The van der Waals surface area contributed by atoms with Crippen LogP contribution in [0.1, 0.15) is 46.8 Å². The number of aliphatic hydroxyl groups excluding tert-OH is 1. The van der Waals surface area contributed by atoms with Gasteiger partial charge in [0, 0.05) is 36.3 Å². The molecule has 194 valence electrons. The third kappa shape index (κ3) is 6.24. The Kier molecular flexibility index (Phi) is 8.36. The molecule has 0 amide bonds. The Labute approximate surface area is 217 Å². The Hall–Kier alpha value is -3.97. The molecule has 0 aliphatic carbocycles. The molecule has 0 aliphatic heterocycles.